The number of rotatable bonds is 6. The molecule has 24 heavy (non-hydrogen) atoms. The van der Waals surface area contributed by atoms with Crippen molar-refractivity contribution in [3.63, 3.8) is 0 Å². The molecule has 0 aliphatic carbocycles. The molecule has 0 atom stereocenters. The number of anilines is 1. The van der Waals surface area contributed by atoms with Crippen LogP contribution < -0.4 is 11.1 Å². The molecular formula is C16H17N7O. The lowest BCUT2D eigenvalue weighted by atomic mass is 10.1. The minimum absolute atomic E-state index is 0.112. The van der Waals surface area contributed by atoms with Gasteiger partial charge in [-0.1, -0.05) is 17.3 Å². The van der Waals surface area contributed by atoms with Gasteiger partial charge in [-0.25, -0.2) is 4.98 Å². The number of carbonyl (C=O) groups is 1. The molecule has 0 radical (unpaired) electrons. The molecule has 3 aromatic rings. The summed E-state index contributed by atoms with van der Waals surface area (Å²) in [7, 11) is 0. The fourth-order valence-corrected chi connectivity index (χ4v) is 2.21. The second-order valence-corrected chi connectivity index (χ2v) is 5.18. The second-order valence-electron chi connectivity index (χ2n) is 5.18. The molecule has 0 bridgehead atoms. The van der Waals surface area contributed by atoms with E-state index in [9.17, 15) is 4.79 Å². The first-order valence-corrected chi connectivity index (χ1v) is 7.52. The third kappa shape index (κ3) is 3.92. The number of aryl methyl sites for hydroxylation is 1. The van der Waals surface area contributed by atoms with Crippen molar-refractivity contribution in [3.8, 4) is 11.3 Å². The highest BCUT2D eigenvalue weighted by molar-refractivity contribution is 5.94. The third-order valence-corrected chi connectivity index (χ3v) is 3.42. The number of carbonyl (C=O) groups excluding carboxylic acids is 1. The van der Waals surface area contributed by atoms with E-state index in [0.717, 1.165) is 12.0 Å². The molecule has 8 nitrogen and oxygen atoms in total. The quantitative estimate of drug-likeness (QED) is 0.658. The van der Waals surface area contributed by atoms with Crippen molar-refractivity contribution in [2.75, 3.05) is 12.3 Å². The molecule has 122 valence electrons. The normalized spacial score (nSPS) is 10.5. The summed E-state index contributed by atoms with van der Waals surface area (Å²) in [6.45, 7) is 1.29. The Hall–Kier alpha value is -3.29. The van der Waals surface area contributed by atoms with Crippen molar-refractivity contribution in [3.05, 3.63) is 54.6 Å². The summed E-state index contributed by atoms with van der Waals surface area (Å²) in [6, 6.07) is 7.17. The smallest absolute Gasteiger partial charge is 0.251 e. The van der Waals surface area contributed by atoms with Crippen molar-refractivity contribution >= 4 is 11.7 Å². The SMILES string of the molecule is Nc1cncc(-c2ccc(C(=O)NCCCn3ccnn3)cc2)n1. The summed E-state index contributed by atoms with van der Waals surface area (Å²) < 4.78 is 1.73. The van der Waals surface area contributed by atoms with Crippen molar-refractivity contribution in [2.45, 2.75) is 13.0 Å². The Morgan fingerprint density at radius 3 is 2.75 bits per heavy atom. The van der Waals surface area contributed by atoms with E-state index in [-0.39, 0.29) is 5.91 Å². The van der Waals surface area contributed by atoms with E-state index in [1.54, 1.807) is 35.4 Å². The predicted molar refractivity (Wildman–Crippen MR) is 88.9 cm³/mol. The summed E-state index contributed by atoms with van der Waals surface area (Å²) >= 11 is 0. The third-order valence-electron chi connectivity index (χ3n) is 3.42. The van der Waals surface area contributed by atoms with Gasteiger partial charge in [0.25, 0.3) is 5.91 Å². The van der Waals surface area contributed by atoms with Gasteiger partial charge in [-0.05, 0) is 18.6 Å². The number of aromatic nitrogens is 5. The Kier molecular flexibility index (Phi) is 4.76. The van der Waals surface area contributed by atoms with Gasteiger partial charge in [0.2, 0.25) is 0 Å². The van der Waals surface area contributed by atoms with Gasteiger partial charge in [-0.3, -0.25) is 14.5 Å². The number of benzene rings is 1. The molecule has 3 rings (SSSR count). The van der Waals surface area contributed by atoms with Crippen LogP contribution in [0.2, 0.25) is 0 Å². The number of hydrogen-bond donors (Lipinski definition) is 2. The van der Waals surface area contributed by atoms with Crippen molar-refractivity contribution in [1.29, 1.82) is 0 Å². The molecule has 0 fully saturated rings. The second kappa shape index (κ2) is 7.32. The molecule has 1 amide bonds. The molecule has 0 saturated carbocycles. The molecule has 0 saturated heterocycles. The van der Waals surface area contributed by atoms with E-state index >= 15 is 0 Å². The minimum atomic E-state index is -0.112. The Morgan fingerprint density at radius 2 is 2.04 bits per heavy atom. The highest BCUT2D eigenvalue weighted by Crippen LogP contribution is 2.17. The van der Waals surface area contributed by atoms with E-state index in [1.165, 1.54) is 6.20 Å². The molecule has 1 aromatic carbocycles. The number of nitrogens with two attached hydrogens (primary N) is 1. The summed E-state index contributed by atoms with van der Waals surface area (Å²) in [4.78, 5) is 20.3. The predicted octanol–water partition coefficient (Wildman–Crippen LogP) is 1.14. The van der Waals surface area contributed by atoms with Crippen LogP contribution in [0.25, 0.3) is 11.3 Å². The monoisotopic (exact) mass is 323 g/mol. The maximum Gasteiger partial charge on any atom is 0.251 e. The molecule has 3 N–H and O–H groups in total. The van der Waals surface area contributed by atoms with E-state index in [1.807, 2.05) is 12.1 Å². The average Bonchev–Trinajstić information content (AvgIpc) is 3.12. The van der Waals surface area contributed by atoms with Crippen LogP contribution in [0, 0.1) is 0 Å². The van der Waals surface area contributed by atoms with Crippen LogP contribution in [0.4, 0.5) is 5.82 Å². The van der Waals surface area contributed by atoms with E-state index in [0.29, 0.717) is 30.2 Å². The molecular weight excluding hydrogens is 306 g/mol. The van der Waals surface area contributed by atoms with Gasteiger partial charge in [0.1, 0.15) is 5.82 Å². The van der Waals surface area contributed by atoms with Crippen molar-refractivity contribution in [2.24, 2.45) is 0 Å². The number of nitrogens with zero attached hydrogens (tertiary/aromatic N) is 5. The number of nitrogens with one attached hydrogen (secondary N) is 1. The molecule has 0 spiro atoms. The zero-order chi connectivity index (χ0) is 16.8. The van der Waals surface area contributed by atoms with Crippen molar-refractivity contribution < 1.29 is 4.79 Å². The average molecular weight is 323 g/mol. The molecule has 2 heterocycles. The Morgan fingerprint density at radius 1 is 1.21 bits per heavy atom. The highest BCUT2D eigenvalue weighted by Gasteiger charge is 2.06. The van der Waals surface area contributed by atoms with Gasteiger partial charge in [-0.15, -0.1) is 5.10 Å². The summed E-state index contributed by atoms with van der Waals surface area (Å²) in [6.07, 6.45) is 7.33. The van der Waals surface area contributed by atoms with Crippen LogP contribution >= 0.6 is 0 Å². The van der Waals surface area contributed by atoms with E-state index in [2.05, 4.69) is 25.6 Å². The van der Waals surface area contributed by atoms with Crippen molar-refractivity contribution in [1.82, 2.24) is 30.3 Å². The lowest BCUT2D eigenvalue weighted by Gasteiger charge is -2.06. The van der Waals surface area contributed by atoms with Crippen LogP contribution in [0.5, 0.6) is 0 Å². The largest absolute Gasteiger partial charge is 0.382 e. The Balaban J connectivity index is 1.54. The first-order chi connectivity index (χ1) is 11.7. The number of nitrogen functional groups attached to an aromatic ring is 1. The maximum atomic E-state index is 12.1. The first kappa shape index (κ1) is 15.6. The lowest BCUT2D eigenvalue weighted by Crippen LogP contribution is -2.25. The van der Waals surface area contributed by atoms with Gasteiger partial charge in [0.05, 0.1) is 24.3 Å². The van der Waals surface area contributed by atoms with E-state index in [4.69, 9.17) is 5.73 Å². The van der Waals surface area contributed by atoms with Gasteiger partial charge < -0.3 is 11.1 Å². The van der Waals surface area contributed by atoms with Crippen LogP contribution in [0.15, 0.2) is 49.1 Å². The molecule has 0 aliphatic rings. The standard InChI is InChI=1S/C16H17N7O/c17-15-11-18-10-14(21-15)12-2-4-13(5-3-12)16(24)19-6-1-8-23-9-7-20-22-23/h2-5,7,9-11H,1,6,8H2,(H2,17,21)(H,19,24). The van der Waals surface area contributed by atoms with Crippen LogP contribution in [-0.2, 0) is 6.54 Å². The Labute approximate surface area is 138 Å². The molecule has 8 heteroatoms. The van der Waals surface area contributed by atoms with Gasteiger partial charge in [0, 0.05) is 30.4 Å². The molecule has 0 aliphatic heterocycles. The van der Waals surface area contributed by atoms with Gasteiger partial charge in [0.15, 0.2) is 0 Å². The summed E-state index contributed by atoms with van der Waals surface area (Å²) in [5.41, 5.74) is 7.76. The summed E-state index contributed by atoms with van der Waals surface area (Å²) in [5.74, 6) is 0.250. The molecule has 2 aromatic heterocycles. The molecule has 0 unspecified atom stereocenters. The maximum absolute atomic E-state index is 12.1. The Bertz CT molecular complexity index is 800. The van der Waals surface area contributed by atoms with Gasteiger partial charge in [-0.2, -0.15) is 0 Å². The fourth-order valence-electron chi connectivity index (χ4n) is 2.21. The zero-order valence-electron chi connectivity index (χ0n) is 13.0. The van der Waals surface area contributed by atoms with E-state index < -0.39 is 0 Å². The zero-order valence-corrected chi connectivity index (χ0v) is 13.0. The number of hydrogen-bond acceptors (Lipinski definition) is 6. The minimum Gasteiger partial charge on any atom is -0.382 e. The topological polar surface area (TPSA) is 112 Å². The van der Waals surface area contributed by atoms with Crippen LogP contribution in [-0.4, -0.2) is 37.4 Å². The summed E-state index contributed by atoms with van der Waals surface area (Å²) in [5, 5.41) is 10.5. The fraction of sp³-hybridized carbons (Fsp3) is 0.188. The lowest BCUT2D eigenvalue weighted by molar-refractivity contribution is 0.0952. The van der Waals surface area contributed by atoms with Crippen LogP contribution in [0.1, 0.15) is 16.8 Å². The first-order valence-electron chi connectivity index (χ1n) is 7.52. The number of amides is 1. The van der Waals surface area contributed by atoms with Crippen LogP contribution in [0.3, 0.4) is 0 Å². The highest BCUT2D eigenvalue weighted by atomic mass is 16.1. The van der Waals surface area contributed by atoms with Gasteiger partial charge >= 0.3 is 0 Å².